The zero-order valence-electron chi connectivity index (χ0n) is 14.8. The van der Waals surface area contributed by atoms with Crippen LogP contribution in [-0.4, -0.2) is 31.7 Å². The molecule has 1 fully saturated rings. The number of carbonyl (C=O) groups excluding carboxylic acids is 1. The van der Waals surface area contributed by atoms with Crippen molar-refractivity contribution in [2.75, 3.05) is 18.4 Å². The van der Waals surface area contributed by atoms with Crippen LogP contribution < -0.4 is 5.32 Å². The molecule has 8 heteroatoms. The summed E-state index contributed by atoms with van der Waals surface area (Å²) in [6.45, 7) is 2.79. The molecular formula is C19H20Cl2N2O3S. The Balaban J connectivity index is 1.89. The third-order valence-electron chi connectivity index (χ3n) is 4.58. The SMILES string of the molecule is Cc1ccc(NC(=O)c2cccc(Cl)c2Cl)cc1S(=O)(=O)N1CCCCC1. The lowest BCUT2D eigenvalue weighted by molar-refractivity contribution is 0.102. The first kappa shape index (κ1) is 20.1. The summed E-state index contributed by atoms with van der Waals surface area (Å²) in [5.74, 6) is -0.451. The van der Waals surface area contributed by atoms with E-state index in [4.69, 9.17) is 23.2 Å². The number of nitrogens with zero attached hydrogens (tertiary/aromatic N) is 1. The predicted octanol–water partition coefficient (Wildman–Crippen LogP) is 4.73. The number of nitrogens with one attached hydrogen (secondary N) is 1. The zero-order valence-corrected chi connectivity index (χ0v) is 17.2. The Morgan fingerprint density at radius 3 is 2.48 bits per heavy atom. The molecule has 5 nitrogen and oxygen atoms in total. The van der Waals surface area contributed by atoms with Gasteiger partial charge in [-0.25, -0.2) is 8.42 Å². The maximum atomic E-state index is 13.0. The van der Waals surface area contributed by atoms with Gasteiger partial charge in [-0.05, 0) is 49.6 Å². The molecular weight excluding hydrogens is 407 g/mol. The van der Waals surface area contributed by atoms with E-state index in [9.17, 15) is 13.2 Å². The van der Waals surface area contributed by atoms with E-state index in [1.165, 1.54) is 10.4 Å². The van der Waals surface area contributed by atoms with Crippen LogP contribution in [-0.2, 0) is 10.0 Å². The minimum atomic E-state index is -3.60. The molecule has 2 aromatic rings. The molecule has 1 aliphatic rings. The Kier molecular flexibility index (Phi) is 6.11. The lowest BCUT2D eigenvalue weighted by Crippen LogP contribution is -2.36. The van der Waals surface area contributed by atoms with Crippen molar-refractivity contribution in [1.29, 1.82) is 0 Å². The van der Waals surface area contributed by atoms with E-state index >= 15 is 0 Å². The van der Waals surface area contributed by atoms with Gasteiger partial charge >= 0.3 is 0 Å². The molecule has 144 valence electrons. The largest absolute Gasteiger partial charge is 0.322 e. The molecule has 1 heterocycles. The Bertz CT molecular complexity index is 971. The van der Waals surface area contributed by atoms with Gasteiger partial charge in [0.15, 0.2) is 0 Å². The summed E-state index contributed by atoms with van der Waals surface area (Å²) < 4.78 is 27.5. The molecule has 27 heavy (non-hydrogen) atoms. The van der Waals surface area contributed by atoms with Crippen LogP contribution in [0.1, 0.15) is 35.2 Å². The van der Waals surface area contributed by atoms with Crippen molar-refractivity contribution in [3.05, 3.63) is 57.6 Å². The van der Waals surface area contributed by atoms with Gasteiger partial charge in [0.1, 0.15) is 0 Å². The first-order chi connectivity index (χ1) is 12.8. The minimum absolute atomic E-state index is 0.157. The Labute approximate surface area is 169 Å². The van der Waals surface area contributed by atoms with Crippen molar-refractivity contribution >= 4 is 44.8 Å². The lowest BCUT2D eigenvalue weighted by atomic mass is 10.2. The maximum absolute atomic E-state index is 13.0. The summed E-state index contributed by atoms with van der Waals surface area (Å²) in [5, 5.41) is 3.14. The lowest BCUT2D eigenvalue weighted by Gasteiger charge is -2.26. The summed E-state index contributed by atoms with van der Waals surface area (Å²) in [6, 6.07) is 9.63. The van der Waals surface area contributed by atoms with Gasteiger partial charge in [0.05, 0.1) is 20.5 Å². The molecule has 2 aromatic carbocycles. The van der Waals surface area contributed by atoms with Gasteiger partial charge in [-0.1, -0.05) is 41.8 Å². The second-order valence-corrected chi connectivity index (χ2v) is 9.19. The fraction of sp³-hybridized carbons (Fsp3) is 0.316. The number of carbonyl (C=O) groups is 1. The van der Waals surface area contributed by atoms with Crippen LogP contribution in [0.2, 0.25) is 10.0 Å². The molecule has 1 aliphatic heterocycles. The summed E-state index contributed by atoms with van der Waals surface area (Å²) >= 11 is 12.0. The van der Waals surface area contributed by atoms with E-state index in [1.807, 2.05) is 0 Å². The quantitative estimate of drug-likeness (QED) is 0.767. The van der Waals surface area contributed by atoms with Gasteiger partial charge < -0.3 is 5.32 Å². The van der Waals surface area contributed by atoms with Crippen LogP contribution in [0, 0.1) is 6.92 Å². The molecule has 0 aromatic heterocycles. The van der Waals surface area contributed by atoms with E-state index in [-0.39, 0.29) is 20.5 Å². The number of sulfonamides is 1. The molecule has 0 radical (unpaired) electrons. The number of hydrogen-bond donors (Lipinski definition) is 1. The highest BCUT2D eigenvalue weighted by Crippen LogP contribution is 2.28. The zero-order chi connectivity index (χ0) is 19.6. The number of halogens is 2. The average molecular weight is 427 g/mol. The number of piperidine rings is 1. The van der Waals surface area contributed by atoms with Crippen molar-refractivity contribution in [2.24, 2.45) is 0 Å². The first-order valence-electron chi connectivity index (χ1n) is 8.67. The van der Waals surface area contributed by atoms with E-state index in [2.05, 4.69) is 5.32 Å². The molecule has 0 unspecified atom stereocenters. The molecule has 1 amide bonds. The number of rotatable bonds is 4. The second-order valence-electron chi connectivity index (χ2n) is 6.50. The topological polar surface area (TPSA) is 66.5 Å². The van der Waals surface area contributed by atoms with Crippen LogP contribution in [0.15, 0.2) is 41.3 Å². The molecule has 1 N–H and O–H groups in total. The normalized spacial score (nSPS) is 15.5. The first-order valence-corrected chi connectivity index (χ1v) is 10.9. The van der Waals surface area contributed by atoms with Crippen LogP contribution in [0.5, 0.6) is 0 Å². The molecule has 0 saturated carbocycles. The van der Waals surface area contributed by atoms with Gasteiger partial charge in [0, 0.05) is 18.8 Å². The van der Waals surface area contributed by atoms with Crippen molar-refractivity contribution < 1.29 is 13.2 Å². The highest BCUT2D eigenvalue weighted by Gasteiger charge is 2.27. The van der Waals surface area contributed by atoms with Gasteiger partial charge in [-0.3, -0.25) is 4.79 Å². The highest BCUT2D eigenvalue weighted by molar-refractivity contribution is 7.89. The molecule has 1 saturated heterocycles. The van der Waals surface area contributed by atoms with Crippen molar-refractivity contribution in [3.8, 4) is 0 Å². The molecule has 0 aliphatic carbocycles. The fourth-order valence-corrected chi connectivity index (χ4v) is 5.23. The smallest absolute Gasteiger partial charge is 0.257 e. The monoisotopic (exact) mass is 426 g/mol. The number of anilines is 1. The maximum Gasteiger partial charge on any atom is 0.257 e. The number of benzene rings is 2. The molecule has 0 atom stereocenters. The van der Waals surface area contributed by atoms with E-state index in [0.29, 0.717) is 24.3 Å². The summed E-state index contributed by atoms with van der Waals surface area (Å²) in [6.07, 6.45) is 2.77. The third-order valence-corrected chi connectivity index (χ3v) is 7.43. The molecule has 0 spiro atoms. The van der Waals surface area contributed by atoms with Crippen LogP contribution >= 0.6 is 23.2 Å². The van der Waals surface area contributed by atoms with Crippen LogP contribution in [0.4, 0.5) is 5.69 Å². The van der Waals surface area contributed by atoms with E-state index in [0.717, 1.165) is 19.3 Å². The fourth-order valence-electron chi connectivity index (χ4n) is 3.08. The van der Waals surface area contributed by atoms with Crippen LogP contribution in [0.3, 0.4) is 0 Å². The predicted molar refractivity (Wildman–Crippen MR) is 108 cm³/mol. The number of aryl methyl sites for hydroxylation is 1. The van der Waals surface area contributed by atoms with E-state index < -0.39 is 15.9 Å². The summed E-state index contributed by atoms with van der Waals surface area (Å²) in [4.78, 5) is 12.7. The Morgan fingerprint density at radius 2 is 1.78 bits per heavy atom. The Morgan fingerprint density at radius 1 is 1.07 bits per heavy atom. The Hall–Kier alpha value is -1.60. The minimum Gasteiger partial charge on any atom is -0.322 e. The number of hydrogen-bond acceptors (Lipinski definition) is 3. The van der Waals surface area contributed by atoms with Crippen molar-refractivity contribution in [2.45, 2.75) is 31.1 Å². The second kappa shape index (κ2) is 8.19. The number of amides is 1. The average Bonchev–Trinajstić information content (AvgIpc) is 2.66. The van der Waals surface area contributed by atoms with Crippen molar-refractivity contribution in [3.63, 3.8) is 0 Å². The third kappa shape index (κ3) is 4.29. The van der Waals surface area contributed by atoms with Crippen LogP contribution in [0.25, 0.3) is 0 Å². The van der Waals surface area contributed by atoms with Gasteiger partial charge in [-0.2, -0.15) is 4.31 Å². The van der Waals surface area contributed by atoms with E-state index in [1.54, 1.807) is 37.3 Å². The molecule has 0 bridgehead atoms. The van der Waals surface area contributed by atoms with Gasteiger partial charge in [0.25, 0.3) is 5.91 Å². The summed E-state index contributed by atoms with van der Waals surface area (Å²) in [5.41, 5.74) is 1.25. The summed E-state index contributed by atoms with van der Waals surface area (Å²) in [7, 11) is -3.60. The van der Waals surface area contributed by atoms with Gasteiger partial charge in [-0.15, -0.1) is 0 Å². The molecule has 3 rings (SSSR count). The van der Waals surface area contributed by atoms with Crippen molar-refractivity contribution in [1.82, 2.24) is 4.31 Å². The standard InChI is InChI=1S/C19H20Cl2N2O3S/c1-13-8-9-14(22-19(24)15-6-5-7-16(20)18(15)21)12-17(13)27(25,26)23-10-3-2-4-11-23/h5-9,12H,2-4,10-11H2,1H3,(H,22,24). The highest BCUT2D eigenvalue weighted by atomic mass is 35.5. The van der Waals surface area contributed by atoms with Gasteiger partial charge in [0.2, 0.25) is 10.0 Å².